The first-order chi connectivity index (χ1) is 8.55. The van der Waals surface area contributed by atoms with Gasteiger partial charge in [0.05, 0.1) is 5.69 Å². The standard InChI is InChI=1S/C15H15NS.Al/c1-11-7-6-10-14(16-11)15(2,3)12-8-4-5-9-13(12)17;/h1,4-10,17H,2-3H3;/q;+1/p-1. The van der Waals surface area contributed by atoms with Crippen molar-refractivity contribution in [1.29, 1.82) is 0 Å². The van der Waals surface area contributed by atoms with Crippen LogP contribution in [0.3, 0.4) is 0 Å². The van der Waals surface area contributed by atoms with Crippen molar-refractivity contribution < 1.29 is 0 Å². The molecular formula is C15H14AlNS. The molecule has 0 fully saturated rings. The van der Waals surface area contributed by atoms with Gasteiger partial charge in [0.1, 0.15) is 0 Å². The molecule has 4 radical (unpaired) electrons. The van der Waals surface area contributed by atoms with Crippen molar-refractivity contribution in [2.24, 2.45) is 0 Å². The van der Waals surface area contributed by atoms with Crippen LogP contribution in [0.25, 0.3) is 0 Å². The van der Waals surface area contributed by atoms with E-state index in [4.69, 9.17) is 6.92 Å². The fraction of sp³-hybridized carbons (Fsp3) is 0.200. The molecule has 1 aromatic carbocycles. The zero-order valence-corrected chi connectivity index (χ0v) is 12.5. The van der Waals surface area contributed by atoms with E-state index in [2.05, 4.69) is 58.3 Å². The van der Waals surface area contributed by atoms with E-state index in [0.29, 0.717) is 5.69 Å². The van der Waals surface area contributed by atoms with Crippen molar-refractivity contribution in [3.63, 3.8) is 0 Å². The Morgan fingerprint density at radius 1 is 1.11 bits per heavy atom. The topological polar surface area (TPSA) is 12.9 Å². The van der Waals surface area contributed by atoms with Crippen LogP contribution in [0.4, 0.5) is 0 Å². The van der Waals surface area contributed by atoms with Crippen molar-refractivity contribution >= 4 is 25.3 Å². The third-order valence-electron chi connectivity index (χ3n) is 3.10. The molecule has 1 aromatic heterocycles. The summed E-state index contributed by atoms with van der Waals surface area (Å²) in [6.07, 6.45) is 0. The smallest absolute Gasteiger partial charge is 0.241 e. The highest BCUT2D eigenvalue weighted by Crippen LogP contribution is 2.35. The molecule has 0 saturated heterocycles. The number of hydrogen-bond donors (Lipinski definition) is 0. The zero-order valence-electron chi connectivity index (χ0n) is 10.6. The van der Waals surface area contributed by atoms with Crippen LogP contribution in [0, 0.1) is 6.92 Å². The first kappa shape index (κ1) is 13.7. The molecule has 18 heavy (non-hydrogen) atoms. The lowest BCUT2D eigenvalue weighted by Gasteiger charge is -2.27. The lowest BCUT2D eigenvalue weighted by molar-refractivity contribution is 0.603. The molecular weight excluding hydrogens is 253 g/mol. The van der Waals surface area contributed by atoms with Gasteiger partial charge in [0.25, 0.3) is 0 Å². The second-order valence-corrected chi connectivity index (χ2v) is 6.07. The Labute approximate surface area is 120 Å². The van der Waals surface area contributed by atoms with Gasteiger partial charge in [-0.15, -0.1) is 0 Å². The molecule has 0 N–H and O–H groups in total. The molecule has 0 amide bonds. The van der Waals surface area contributed by atoms with Gasteiger partial charge in [0.2, 0.25) is 15.2 Å². The molecule has 0 saturated carbocycles. The molecule has 2 aromatic rings. The number of nitrogens with zero attached hydrogens (tertiary/aromatic N) is 1. The van der Waals surface area contributed by atoms with Crippen LogP contribution >= 0.6 is 10.1 Å². The van der Waals surface area contributed by atoms with Gasteiger partial charge in [-0.2, -0.15) is 0 Å². The summed E-state index contributed by atoms with van der Waals surface area (Å²) in [5.41, 5.74) is 2.67. The minimum atomic E-state index is -0.157. The summed E-state index contributed by atoms with van der Waals surface area (Å²) in [6.45, 7) is 10.1. The highest BCUT2D eigenvalue weighted by Gasteiger charge is 2.26. The van der Waals surface area contributed by atoms with Gasteiger partial charge in [0.15, 0.2) is 0 Å². The van der Waals surface area contributed by atoms with Gasteiger partial charge >= 0.3 is 0 Å². The fourth-order valence-electron chi connectivity index (χ4n) is 2.02. The zero-order chi connectivity index (χ0) is 13.2. The number of hydrogen-bond acceptors (Lipinski definition) is 2. The largest absolute Gasteiger partial charge is 0.257 e. The Kier molecular flexibility index (Phi) is 4.17. The van der Waals surface area contributed by atoms with Gasteiger partial charge in [-0.05, 0) is 22.6 Å². The Bertz CT molecular complexity index is 552. The SMILES string of the molecule is [CH]c1cccc(C(C)(C)c2ccccc2[S][Al])n1. The van der Waals surface area contributed by atoms with E-state index in [1.165, 1.54) is 10.5 Å². The normalized spacial score (nSPS) is 11.5. The first-order valence-corrected chi connectivity index (χ1v) is 8.04. The number of pyridine rings is 1. The quantitative estimate of drug-likeness (QED) is 0.787. The third kappa shape index (κ3) is 2.64. The molecule has 0 aliphatic carbocycles. The van der Waals surface area contributed by atoms with Crippen LogP contribution in [0.2, 0.25) is 0 Å². The molecule has 3 heteroatoms. The van der Waals surface area contributed by atoms with Gasteiger partial charge in [0, 0.05) is 18.0 Å². The van der Waals surface area contributed by atoms with Crippen molar-refractivity contribution in [3.05, 3.63) is 66.3 Å². The Balaban J connectivity index is 2.54. The van der Waals surface area contributed by atoms with Crippen molar-refractivity contribution in [2.45, 2.75) is 24.2 Å². The van der Waals surface area contributed by atoms with E-state index >= 15 is 0 Å². The Morgan fingerprint density at radius 3 is 2.50 bits per heavy atom. The summed E-state index contributed by atoms with van der Waals surface area (Å²) in [5, 5.41) is 0. The van der Waals surface area contributed by atoms with Crippen molar-refractivity contribution in [3.8, 4) is 0 Å². The second kappa shape index (κ2) is 5.49. The maximum Gasteiger partial charge on any atom is 0.241 e. The van der Waals surface area contributed by atoms with Crippen molar-refractivity contribution in [2.75, 3.05) is 0 Å². The molecule has 0 spiro atoms. The molecule has 1 nitrogen and oxygen atoms in total. The van der Waals surface area contributed by atoms with Crippen LogP contribution in [0.5, 0.6) is 0 Å². The molecule has 0 aliphatic rings. The Hall–Kier alpha value is -0.748. The Morgan fingerprint density at radius 2 is 1.83 bits per heavy atom. The molecule has 0 bridgehead atoms. The minimum absolute atomic E-state index is 0.157. The fourth-order valence-corrected chi connectivity index (χ4v) is 3.25. The molecule has 0 aliphatic heterocycles. The summed E-state index contributed by atoms with van der Waals surface area (Å²) in [4.78, 5) is 5.71. The van der Waals surface area contributed by atoms with Crippen LogP contribution in [-0.4, -0.2) is 20.1 Å². The predicted octanol–water partition coefficient (Wildman–Crippen LogP) is 3.64. The van der Waals surface area contributed by atoms with Gasteiger partial charge in [-0.25, -0.2) is 0 Å². The molecule has 0 atom stereocenters. The van der Waals surface area contributed by atoms with E-state index in [1.54, 1.807) is 10.1 Å². The summed E-state index contributed by atoms with van der Waals surface area (Å²) >= 11 is 2.70. The molecule has 2 rings (SSSR count). The lowest BCUT2D eigenvalue weighted by atomic mass is 9.81. The van der Waals surface area contributed by atoms with Gasteiger partial charge in [-0.3, -0.25) is 15.1 Å². The van der Waals surface area contributed by atoms with E-state index in [0.717, 1.165) is 5.69 Å². The van der Waals surface area contributed by atoms with Gasteiger partial charge in [-0.1, -0.05) is 44.2 Å². The highest BCUT2D eigenvalue weighted by atomic mass is 32.3. The minimum Gasteiger partial charge on any atom is -0.257 e. The second-order valence-electron chi connectivity index (χ2n) is 4.69. The van der Waals surface area contributed by atoms with Gasteiger partial charge < -0.3 is 0 Å². The first-order valence-electron chi connectivity index (χ1n) is 5.75. The van der Waals surface area contributed by atoms with Crippen LogP contribution in [0.1, 0.15) is 30.8 Å². The van der Waals surface area contributed by atoms with E-state index in [1.807, 2.05) is 18.2 Å². The average Bonchev–Trinajstić information content (AvgIpc) is 2.38. The predicted molar refractivity (Wildman–Crippen MR) is 77.8 cm³/mol. The summed E-state index contributed by atoms with van der Waals surface area (Å²) < 4.78 is 0. The number of aromatic nitrogens is 1. The average molecular weight is 267 g/mol. The number of benzene rings is 1. The monoisotopic (exact) mass is 267 g/mol. The third-order valence-corrected chi connectivity index (χ3v) is 4.47. The van der Waals surface area contributed by atoms with E-state index in [9.17, 15) is 0 Å². The maximum absolute atomic E-state index is 5.78. The molecule has 88 valence electrons. The van der Waals surface area contributed by atoms with Crippen molar-refractivity contribution in [1.82, 2.24) is 4.98 Å². The van der Waals surface area contributed by atoms with E-state index in [-0.39, 0.29) is 5.41 Å². The summed E-state index contributed by atoms with van der Waals surface area (Å²) in [6, 6.07) is 14.2. The molecule has 0 unspecified atom stereocenters. The van der Waals surface area contributed by atoms with E-state index < -0.39 is 0 Å². The molecule has 1 heterocycles. The van der Waals surface area contributed by atoms with Crippen LogP contribution < -0.4 is 0 Å². The van der Waals surface area contributed by atoms with Crippen LogP contribution in [-0.2, 0) is 5.41 Å². The number of rotatable bonds is 3. The summed E-state index contributed by atoms with van der Waals surface area (Å²) in [7, 11) is 1.68. The van der Waals surface area contributed by atoms with Crippen LogP contribution in [0.15, 0.2) is 47.4 Å². The highest BCUT2D eigenvalue weighted by molar-refractivity contribution is 8.19. The summed E-state index contributed by atoms with van der Waals surface area (Å²) in [5.74, 6) is 0. The maximum atomic E-state index is 5.78. The lowest BCUT2D eigenvalue weighted by Crippen LogP contribution is -2.21.